The standard InChI is InChI=1S/C13H13Br2NS/c1-8-2-4-11(14)10(6-8)12(16)7-9-3-5-13(15)17-9/h2-6,12H,7,16H2,1H3. The van der Waals surface area contributed by atoms with Crippen molar-refractivity contribution < 1.29 is 0 Å². The summed E-state index contributed by atoms with van der Waals surface area (Å²) in [5.74, 6) is 0. The molecular weight excluding hydrogens is 362 g/mol. The van der Waals surface area contributed by atoms with Crippen LogP contribution in [0.3, 0.4) is 0 Å². The second kappa shape index (κ2) is 5.65. The zero-order valence-electron chi connectivity index (χ0n) is 9.41. The average Bonchev–Trinajstić information content (AvgIpc) is 2.67. The molecule has 2 aromatic rings. The van der Waals surface area contributed by atoms with Crippen molar-refractivity contribution in [3.8, 4) is 0 Å². The van der Waals surface area contributed by atoms with Gasteiger partial charge in [0.1, 0.15) is 0 Å². The van der Waals surface area contributed by atoms with Crippen LogP contribution in [-0.2, 0) is 6.42 Å². The van der Waals surface area contributed by atoms with Crippen LogP contribution in [0.4, 0.5) is 0 Å². The van der Waals surface area contributed by atoms with Gasteiger partial charge in [-0.3, -0.25) is 0 Å². The summed E-state index contributed by atoms with van der Waals surface area (Å²) in [6.07, 6.45) is 0.873. The Kier molecular flexibility index (Phi) is 4.42. The fourth-order valence-corrected chi connectivity index (χ4v) is 3.82. The van der Waals surface area contributed by atoms with E-state index in [1.165, 1.54) is 16.0 Å². The van der Waals surface area contributed by atoms with E-state index in [1.807, 2.05) is 0 Å². The molecule has 4 heteroatoms. The third-order valence-corrected chi connectivity index (χ3v) is 4.97. The van der Waals surface area contributed by atoms with E-state index in [0.29, 0.717) is 0 Å². The number of hydrogen-bond donors (Lipinski definition) is 1. The maximum atomic E-state index is 6.27. The lowest BCUT2D eigenvalue weighted by Gasteiger charge is -2.13. The first-order chi connectivity index (χ1) is 8.06. The van der Waals surface area contributed by atoms with Gasteiger partial charge in [-0.25, -0.2) is 0 Å². The van der Waals surface area contributed by atoms with Crippen LogP contribution in [0.1, 0.15) is 22.0 Å². The summed E-state index contributed by atoms with van der Waals surface area (Å²) >= 11 is 8.78. The van der Waals surface area contributed by atoms with Crippen LogP contribution in [0.15, 0.2) is 38.6 Å². The Hall–Kier alpha value is -0.160. The van der Waals surface area contributed by atoms with E-state index in [4.69, 9.17) is 5.73 Å². The molecular formula is C13H13Br2NS. The van der Waals surface area contributed by atoms with Crippen molar-refractivity contribution in [2.24, 2.45) is 5.73 Å². The molecule has 2 rings (SSSR count). The number of halogens is 2. The quantitative estimate of drug-likeness (QED) is 0.818. The van der Waals surface area contributed by atoms with Crippen molar-refractivity contribution in [3.63, 3.8) is 0 Å². The van der Waals surface area contributed by atoms with Crippen LogP contribution in [0, 0.1) is 6.92 Å². The average molecular weight is 375 g/mol. The summed E-state index contributed by atoms with van der Waals surface area (Å²) in [6.45, 7) is 2.09. The highest BCUT2D eigenvalue weighted by atomic mass is 79.9. The third kappa shape index (κ3) is 3.41. The topological polar surface area (TPSA) is 26.0 Å². The van der Waals surface area contributed by atoms with Gasteiger partial charge in [0.15, 0.2) is 0 Å². The molecule has 0 radical (unpaired) electrons. The predicted molar refractivity (Wildman–Crippen MR) is 81.5 cm³/mol. The fourth-order valence-electron chi connectivity index (χ4n) is 1.74. The highest BCUT2D eigenvalue weighted by Crippen LogP contribution is 2.29. The Morgan fingerprint density at radius 2 is 2.00 bits per heavy atom. The van der Waals surface area contributed by atoms with Gasteiger partial charge >= 0.3 is 0 Å². The van der Waals surface area contributed by atoms with E-state index in [2.05, 4.69) is 69.1 Å². The van der Waals surface area contributed by atoms with Crippen LogP contribution in [-0.4, -0.2) is 0 Å². The molecule has 1 aromatic heterocycles. The zero-order valence-corrected chi connectivity index (χ0v) is 13.4. The van der Waals surface area contributed by atoms with Gasteiger partial charge in [-0.2, -0.15) is 0 Å². The van der Waals surface area contributed by atoms with Crippen molar-refractivity contribution in [2.75, 3.05) is 0 Å². The zero-order chi connectivity index (χ0) is 12.4. The molecule has 17 heavy (non-hydrogen) atoms. The van der Waals surface area contributed by atoms with Gasteiger partial charge < -0.3 is 5.73 Å². The SMILES string of the molecule is Cc1ccc(Br)c(C(N)Cc2ccc(Br)s2)c1. The molecule has 0 saturated carbocycles. The highest BCUT2D eigenvalue weighted by Gasteiger charge is 2.12. The molecule has 1 heterocycles. The van der Waals surface area contributed by atoms with E-state index in [9.17, 15) is 0 Å². The van der Waals surface area contributed by atoms with Crippen molar-refractivity contribution in [1.29, 1.82) is 0 Å². The van der Waals surface area contributed by atoms with Crippen molar-refractivity contribution in [1.82, 2.24) is 0 Å². The Labute approximate surface area is 122 Å². The molecule has 90 valence electrons. The molecule has 0 fully saturated rings. The van der Waals surface area contributed by atoms with E-state index in [-0.39, 0.29) is 6.04 Å². The second-order valence-electron chi connectivity index (χ2n) is 4.04. The summed E-state index contributed by atoms with van der Waals surface area (Å²) in [7, 11) is 0. The lowest BCUT2D eigenvalue weighted by molar-refractivity contribution is 0.726. The van der Waals surface area contributed by atoms with Crippen molar-refractivity contribution >= 4 is 43.2 Å². The minimum atomic E-state index is 0.0369. The predicted octanol–water partition coefficient (Wildman–Crippen LogP) is 4.82. The Morgan fingerprint density at radius 1 is 1.24 bits per heavy atom. The van der Waals surface area contributed by atoms with Gasteiger partial charge in [0.2, 0.25) is 0 Å². The maximum absolute atomic E-state index is 6.27. The fraction of sp³-hybridized carbons (Fsp3) is 0.231. The molecule has 1 atom stereocenters. The van der Waals surface area contributed by atoms with Crippen LogP contribution in [0.2, 0.25) is 0 Å². The Bertz CT molecular complexity index is 522. The lowest BCUT2D eigenvalue weighted by atomic mass is 10.0. The van der Waals surface area contributed by atoms with Crippen LogP contribution >= 0.6 is 43.2 Å². The highest BCUT2D eigenvalue weighted by molar-refractivity contribution is 9.11. The Balaban J connectivity index is 2.19. The largest absolute Gasteiger partial charge is 0.324 e. The normalized spacial score (nSPS) is 12.7. The second-order valence-corrected chi connectivity index (χ2v) is 7.44. The number of nitrogens with two attached hydrogens (primary N) is 1. The number of rotatable bonds is 3. The number of hydrogen-bond acceptors (Lipinski definition) is 2. The van der Waals surface area contributed by atoms with Gasteiger partial charge in [-0.1, -0.05) is 33.6 Å². The summed E-state index contributed by atoms with van der Waals surface area (Å²) in [5.41, 5.74) is 8.68. The van der Waals surface area contributed by atoms with Crippen LogP contribution < -0.4 is 5.73 Å². The molecule has 0 aliphatic carbocycles. The summed E-state index contributed by atoms with van der Waals surface area (Å²) in [5, 5.41) is 0. The van der Waals surface area contributed by atoms with Crippen molar-refractivity contribution in [2.45, 2.75) is 19.4 Å². The number of thiophene rings is 1. The van der Waals surface area contributed by atoms with E-state index >= 15 is 0 Å². The maximum Gasteiger partial charge on any atom is 0.0701 e. The minimum Gasteiger partial charge on any atom is -0.324 e. The molecule has 0 bridgehead atoms. The van der Waals surface area contributed by atoms with E-state index in [1.54, 1.807) is 11.3 Å². The van der Waals surface area contributed by atoms with Gasteiger partial charge in [-0.15, -0.1) is 11.3 Å². The molecule has 0 amide bonds. The molecule has 1 unspecified atom stereocenters. The summed E-state index contributed by atoms with van der Waals surface area (Å²) in [4.78, 5) is 1.30. The van der Waals surface area contributed by atoms with Crippen LogP contribution in [0.25, 0.3) is 0 Å². The number of aryl methyl sites for hydroxylation is 1. The molecule has 0 aliphatic rings. The molecule has 0 saturated heterocycles. The van der Waals surface area contributed by atoms with Crippen molar-refractivity contribution in [3.05, 3.63) is 54.6 Å². The van der Waals surface area contributed by atoms with Crippen LogP contribution in [0.5, 0.6) is 0 Å². The molecule has 1 nitrogen and oxygen atoms in total. The van der Waals surface area contributed by atoms with Gasteiger partial charge in [-0.05, 0) is 46.6 Å². The van der Waals surface area contributed by atoms with Gasteiger partial charge in [0, 0.05) is 21.8 Å². The van der Waals surface area contributed by atoms with E-state index in [0.717, 1.165) is 14.7 Å². The third-order valence-electron chi connectivity index (χ3n) is 2.60. The lowest BCUT2D eigenvalue weighted by Crippen LogP contribution is -2.13. The first kappa shape index (κ1) is 13.3. The molecule has 2 N–H and O–H groups in total. The first-order valence-corrected chi connectivity index (χ1v) is 7.72. The van der Waals surface area contributed by atoms with Gasteiger partial charge in [0.25, 0.3) is 0 Å². The Morgan fingerprint density at radius 3 is 2.65 bits per heavy atom. The monoisotopic (exact) mass is 373 g/mol. The molecule has 1 aromatic carbocycles. The summed E-state index contributed by atoms with van der Waals surface area (Å²) in [6, 6.07) is 10.5. The summed E-state index contributed by atoms with van der Waals surface area (Å²) < 4.78 is 2.24. The minimum absolute atomic E-state index is 0.0369. The van der Waals surface area contributed by atoms with E-state index < -0.39 is 0 Å². The van der Waals surface area contributed by atoms with Gasteiger partial charge in [0.05, 0.1) is 3.79 Å². The number of benzene rings is 1. The molecule has 0 spiro atoms. The first-order valence-electron chi connectivity index (χ1n) is 5.32. The molecule has 0 aliphatic heterocycles. The smallest absolute Gasteiger partial charge is 0.0701 e.